The Morgan fingerprint density at radius 1 is 1.10 bits per heavy atom. The molecule has 0 aliphatic carbocycles. The highest BCUT2D eigenvalue weighted by Gasteiger charge is 2.51. The minimum atomic E-state index is -4.72. The van der Waals surface area contributed by atoms with Crippen LogP contribution in [-0.2, 0) is 23.1 Å². The van der Waals surface area contributed by atoms with Gasteiger partial charge in [0.05, 0.1) is 11.2 Å². The predicted octanol–water partition coefficient (Wildman–Crippen LogP) is 5.39. The van der Waals surface area contributed by atoms with Crippen LogP contribution >= 0.6 is 0 Å². The summed E-state index contributed by atoms with van der Waals surface area (Å²) >= 11 is 0. The van der Waals surface area contributed by atoms with Gasteiger partial charge in [-0.2, -0.15) is 13.2 Å². The first-order valence-corrected chi connectivity index (χ1v) is 10.3. The van der Waals surface area contributed by atoms with E-state index in [1.54, 1.807) is 4.90 Å². The highest BCUT2D eigenvalue weighted by Crippen LogP contribution is 2.48. The second kappa shape index (κ2) is 8.15. The topological polar surface area (TPSA) is 49.8 Å². The van der Waals surface area contributed by atoms with Crippen molar-refractivity contribution >= 4 is 6.09 Å². The number of hydrogen-bond donors (Lipinski definition) is 1. The summed E-state index contributed by atoms with van der Waals surface area (Å²) in [4.78, 5) is 14.3. The summed E-state index contributed by atoms with van der Waals surface area (Å²) < 4.78 is 59.9. The quantitative estimate of drug-likeness (QED) is 0.656. The lowest BCUT2D eigenvalue weighted by molar-refractivity contribution is -0.144. The van der Waals surface area contributed by atoms with Crippen LogP contribution in [0.2, 0.25) is 0 Å². The first-order chi connectivity index (χ1) is 14.7. The summed E-state index contributed by atoms with van der Waals surface area (Å²) in [5.41, 5.74) is -2.56. The van der Waals surface area contributed by atoms with Crippen molar-refractivity contribution in [3.05, 3.63) is 71.0 Å². The summed E-state index contributed by atoms with van der Waals surface area (Å²) in [6.07, 6.45) is -3.60. The number of amides is 1. The Bertz CT molecular complexity index is 934. The zero-order valence-corrected chi connectivity index (χ0v) is 16.7. The highest BCUT2D eigenvalue weighted by molar-refractivity contribution is 5.69. The Hall–Kier alpha value is -2.61. The number of aliphatic hydroxyl groups is 1. The summed E-state index contributed by atoms with van der Waals surface area (Å²) in [6.45, 7) is 0.0853. The zero-order chi connectivity index (χ0) is 22.2. The first kappa shape index (κ1) is 21.6. The molecule has 2 aliphatic rings. The lowest BCUT2D eigenvalue weighted by atomic mass is 9.71. The number of piperidine rings is 2. The normalized spacial score (nSPS) is 25.9. The van der Waals surface area contributed by atoms with E-state index in [-0.39, 0.29) is 19.4 Å². The molecule has 1 amide bonds. The molecule has 0 saturated carbocycles. The van der Waals surface area contributed by atoms with Gasteiger partial charge in [0, 0.05) is 24.9 Å². The number of benzene rings is 2. The lowest BCUT2D eigenvalue weighted by Crippen LogP contribution is -2.59. The SMILES string of the molecule is O=C(OCc1ccccc1)N1C2CCCC1CC(O)(c1cc(F)ccc1C(F)(F)F)C2. The van der Waals surface area contributed by atoms with Gasteiger partial charge in [-0.25, -0.2) is 9.18 Å². The van der Waals surface area contributed by atoms with Crippen LogP contribution in [0.15, 0.2) is 48.5 Å². The maximum absolute atomic E-state index is 13.9. The molecule has 31 heavy (non-hydrogen) atoms. The van der Waals surface area contributed by atoms with Gasteiger partial charge in [-0.3, -0.25) is 0 Å². The maximum atomic E-state index is 13.9. The zero-order valence-electron chi connectivity index (χ0n) is 16.7. The lowest BCUT2D eigenvalue weighted by Gasteiger charge is -2.51. The molecule has 8 heteroatoms. The molecule has 2 atom stereocenters. The Morgan fingerprint density at radius 2 is 1.74 bits per heavy atom. The van der Waals surface area contributed by atoms with Crippen molar-refractivity contribution in [1.82, 2.24) is 4.90 Å². The number of nitrogens with zero attached hydrogens (tertiary/aromatic N) is 1. The van der Waals surface area contributed by atoms with Gasteiger partial charge in [-0.15, -0.1) is 0 Å². The van der Waals surface area contributed by atoms with E-state index < -0.39 is 46.9 Å². The van der Waals surface area contributed by atoms with Crippen molar-refractivity contribution < 1.29 is 32.2 Å². The van der Waals surface area contributed by atoms with Crippen LogP contribution in [0.4, 0.5) is 22.4 Å². The molecule has 2 unspecified atom stereocenters. The molecule has 0 spiro atoms. The van der Waals surface area contributed by atoms with E-state index in [4.69, 9.17) is 4.74 Å². The minimum absolute atomic E-state index is 0.0853. The third-order valence-electron chi connectivity index (χ3n) is 6.21. The van der Waals surface area contributed by atoms with Crippen LogP contribution in [0.1, 0.15) is 48.8 Å². The number of halogens is 4. The van der Waals surface area contributed by atoms with Crippen LogP contribution in [-0.4, -0.2) is 28.2 Å². The second-order valence-corrected chi connectivity index (χ2v) is 8.31. The van der Waals surface area contributed by atoms with Gasteiger partial charge < -0.3 is 14.7 Å². The van der Waals surface area contributed by atoms with Crippen LogP contribution in [0.25, 0.3) is 0 Å². The molecule has 0 radical (unpaired) electrons. The number of carbonyl (C=O) groups excluding carboxylic acids is 1. The van der Waals surface area contributed by atoms with Crippen LogP contribution in [0.5, 0.6) is 0 Å². The minimum Gasteiger partial charge on any atom is -0.445 e. The van der Waals surface area contributed by atoms with Gasteiger partial charge >= 0.3 is 12.3 Å². The number of hydrogen-bond acceptors (Lipinski definition) is 3. The number of alkyl halides is 3. The molecule has 4 rings (SSSR count). The van der Waals surface area contributed by atoms with Crippen molar-refractivity contribution in [2.75, 3.05) is 0 Å². The van der Waals surface area contributed by atoms with Crippen LogP contribution in [0, 0.1) is 5.82 Å². The molecule has 2 bridgehead atoms. The summed E-state index contributed by atoms with van der Waals surface area (Å²) in [6, 6.07) is 10.4. The van der Waals surface area contributed by atoms with Gasteiger partial charge in [0.1, 0.15) is 12.4 Å². The van der Waals surface area contributed by atoms with Crippen molar-refractivity contribution in [3.63, 3.8) is 0 Å². The van der Waals surface area contributed by atoms with Gasteiger partial charge in [0.2, 0.25) is 0 Å². The van der Waals surface area contributed by atoms with E-state index in [1.165, 1.54) is 0 Å². The van der Waals surface area contributed by atoms with E-state index in [0.29, 0.717) is 18.9 Å². The molecular weight excluding hydrogens is 414 g/mol. The number of rotatable bonds is 3. The molecule has 166 valence electrons. The molecule has 0 aromatic heterocycles. The fraction of sp³-hybridized carbons (Fsp3) is 0.435. The Balaban J connectivity index is 1.57. The average molecular weight is 437 g/mol. The fourth-order valence-corrected chi connectivity index (χ4v) is 4.89. The van der Waals surface area contributed by atoms with Crippen molar-refractivity contribution in [3.8, 4) is 0 Å². The summed E-state index contributed by atoms with van der Waals surface area (Å²) in [5.74, 6) is -0.841. The molecule has 2 aromatic rings. The molecule has 2 heterocycles. The van der Waals surface area contributed by atoms with Gasteiger partial charge in [0.25, 0.3) is 0 Å². The number of fused-ring (bicyclic) bond motifs is 2. The standard InChI is InChI=1S/C23H23F4NO3/c24-16-9-10-19(23(25,26)27)20(11-16)22(30)12-17-7-4-8-18(13-22)28(17)21(29)31-14-15-5-2-1-3-6-15/h1-3,5-6,9-11,17-18,30H,4,7-8,12-14H2. The summed E-state index contributed by atoms with van der Waals surface area (Å²) in [5, 5.41) is 11.3. The van der Waals surface area contributed by atoms with Crippen molar-refractivity contribution in [2.24, 2.45) is 0 Å². The molecule has 1 N–H and O–H groups in total. The van der Waals surface area contributed by atoms with E-state index in [1.807, 2.05) is 30.3 Å². The van der Waals surface area contributed by atoms with Gasteiger partial charge in [-0.1, -0.05) is 30.3 Å². The van der Waals surface area contributed by atoms with Crippen LogP contribution in [0.3, 0.4) is 0 Å². The van der Waals surface area contributed by atoms with Crippen LogP contribution < -0.4 is 0 Å². The van der Waals surface area contributed by atoms with Crippen molar-refractivity contribution in [1.29, 1.82) is 0 Å². The Labute approximate surface area is 177 Å². The predicted molar refractivity (Wildman–Crippen MR) is 104 cm³/mol. The smallest absolute Gasteiger partial charge is 0.416 e. The summed E-state index contributed by atoms with van der Waals surface area (Å²) in [7, 11) is 0. The molecule has 4 nitrogen and oxygen atoms in total. The third-order valence-corrected chi connectivity index (χ3v) is 6.21. The van der Waals surface area contributed by atoms with E-state index in [2.05, 4.69) is 0 Å². The second-order valence-electron chi connectivity index (χ2n) is 8.31. The van der Waals surface area contributed by atoms with Gasteiger partial charge in [-0.05, 0) is 48.6 Å². The molecule has 2 aromatic carbocycles. The Morgan fingerprint density at radius 3 is 2.35 bits per heavy atom. The molecular formula is C23H23F4NO3. The number of ether oxygens (including phenoxy) is 1. The molecule has 2 fully saturated rings. The largest absolute Gasteiger partial charge is 0.445 e. The molecule has 2 aliphatic heterocycles. The third kappa shape index (κ3) is 4.39. The van der Waals surface area contributed by atoms with Gasteiger partial charge in [0.15, 0.2) is 0 Å². The molecule has 2 saturated heterocycles. The monoisotopic (exact) mass is 437 g/mol. The van der Waals surface area contributed by atoms with E-state index in [0.717, 1.165) is 24.1 Å². The highest BCUT2D eigenvalue weighted by atomic mass is 19.4. The number of carbonyl (C=O) groups is 1. The average Bonchev–Trinajstić information content (AvgIpc) is 2.71. The van der Waals surface area contributed by atoms with Crippen molar-refractivity contribution in [2.45, 2.75) is 62.6 Å². The fourth-order valence-electron chi connectivity index (χ4n) is 4.89. The maximum Gasteiger partial charge on any atom is 0.416 e. The van der Waals surface area contributed by atoms with E-state index >= 15 is 0 Å². The van der Waals surface area contributed by atoms with E-state index in [9.17, 15) is 27.5 Å². The first-order valence-electron chi connectivity index (χ1n) is 10.3. The Kier molecular flexibility index (Phi) is 5.68.